The first-order valence-corrected chi connectivity index (χ1v) is 7.49. The summed E-state index contributed by atoms with van der Waals surface area (Å²) in [7, 11) is 0. The van der Waals surface area contributed by atoms with Crippen molar-refractivity contribution < 1.29 is 31.4 Å². The first-order chi connectivity index (χ1) is 10.1. The average molecular weight is 330 g/mol. The molecule has 0 bridgehead atoms. The Balaban J connectivity index is 3.17. The van der Waals surface area contributed by atoms with Crippen LogP contribution in [-0.4, -0.2) is 30.6 Å². The zero-order chi connectivity index (χ0) is 17.0. The van der Waals surface area contributed by atoms with Gasteiger partial charge in [-0.25, -0.2) is 0 Å². The van der Waals surface area contributed by atoms with Crippen molar-refractivity contribution >= 4 is 0 Å². The fraction of sp³-hybridized carbons (Fsp3) is 0.867. The first kappa shape index (κ1) is 19.4. The van der Waals surface area contributed by atoms with Crippen molar-refractivity contribution in [1.29, 1.82) is 0 Å². The highest BCUT2D eigenvalue weighted by Crippen LogP contribution is 2.54. The molecule has 1 saturated carbocycles. The van der Waals surface area contributed by atoms with Crippen molar-refractivity contribution in [1.82, 2.24) is 0 Å². The summed E-state index contributed by atoms with van der Waals surface area (Å²) in [6, 6.07) is 0. The molecule has 0 aromatic carbocycles. The van der Waals surface area contributed by atoms with E-state index in [0.717, 1.165) is 6.08 Å². The van der Waals surface area contributed by atoms with E-state index < -0.39 is 29.9 Å². The van der Waals surface area contributed by atoms with E-state index in [2.05, 4.69) is 6.58 Å². The Hall–Kier alpha value is -0.690. The van der Waals surface area contributed by atoms with Gasteiger partial charge in [0.05, 0.1) is 0 Å². The van der Waals surface area contributed by atoms with Crippen LogP contribution in [0.4, 0.5) is 22.0 Å². The van der Waals surface area contributed by atoms with Gasteiger partial charge in [-0.2, -0.15) is 22.0 Å². The molecule has 0 aliphatic heterocycles. The summed E-state index contributed by atoms with van der Waals surface area (Å²) in [5.74, 6) is -6.05. The molecule has 3 unspecified atom stereocenters. The van der Waals surface area contributed by atoms with Crippen molar-refractivity contribution in [3.05, 3.63) is 12.7 Å². The van der Waals surface area contributed by atoms with Crippen LogP contribution in [0.2, 0.25) is 0 Å². The molecule has 1 fully saturated rings. The molecule has 1 rings (SSSR count). The van der Waals surface area contributed by atoms with Gasteiger partial charge in [-0.05, 0) is 26.2 Å². The van der Waals surface area contributed by atoms with Crippen LogP contribution in [0.15, 0.2) is 12.7 Å². The molecule has 7 heteroatoms. The van der Waals surface area contributed by atoms with Gasteiger partial charge < -0.3 is 9.47 Å². The van der Waals surface area contributed by atoms with Crippen molar-refractivity contribution in [3.63, 3.8) is 0 Å². The molecule has 0 N–H and O–H groups in total. The Morgan fingerprint density at radius 3 is 2.41 bits per heavy atom. The van der Waals surface area contributed by atoms with Gasteiger partial charge in [-0.3, -0.25) is 0 Å². The number of hydrogen-bond donors (Lipinski definition) is 0. The largest absolute Gasteiger partial charge is 0.456 e. The molecule has 0 aromatic rings. The first-order valence-electron chi connectivity index (χ1n) is 7.49. The number of rotatable bonds is 7. The van der Waals surface area contributed by atoms with Gasteiger partial charge in [-0.1, -0.05) is 25.8 Å². The summed E-state index contributed by atoms with van der Waals surface area (Å²) in [4.78, 5) is 0. The van der Waals surface area contributed by atoms with Crippen LogP contribution in [0.5, 0.6) is 0 Å². The highest BCUT2D eigenvalue weighted by atomic mass is 19.4. The molecule has 3 atom stereocenters. The summed E-state index contributed by atoms with van der Waals surface area (Å²) in [5.41, 5.74) is -2.65. The molecule has 1 aliphatic rings. The van der Waals surface area contributed by atoms with Crippen LogP contribution in [0, 0.1) is 5.92 Å². The Bertz CT molecular complexity index is 369. The maximum Gasteiger partial charge on any atom is 0.456 e. The predicted octanol–water partition coefficient (Wildman–Crippen LogP) is 5.09. The Morgan fingerprint density at radius 2 is 1.91 bits per heavy atom. The highest BCUT2D eigenvalue weighted by molar-refractivity contribution is 5.10. The van der Waals surface area contributed by atoms with E-state index in [1.54, 1.807) is 6.92 Å². The lowest BCUT2D eigenvalue weighted by Gasteiger charge is -2.48. The maximum atomic E-state index is 14.2. The Labute approximate surface area is 127 Å². The monoisotopic (exact) mass is 330 g/mol. The van der Waals surface area contributed by atoms with Crippen molar-refractivity contribution in [3.8, 4) is 0 Å². The second-order valence-corrected chi connectivity index (χ2v) is 5.61. The molecule has 0 aromatic heterocycles. The smallest absolute Gasteiger partial charge is 0.353 e. The fourth-order valence-corrected chi connectivity index (χ4v) is 2.94. The van der Waals surface area contributed by atoms with E-state index in [4.69, 9.17) is 9.47 Å². The van der Waals surface area contributed by atoms with Crippen LogP contribution in [-0.2, 0) is 9.47 Å². The lowest BCUT2D eigenvalue weighted by atomic mass is 9.71. The van der Waals surface area contributed by atoms with Crippen molar-refractivity contribution in [2.24, 2.45) is 5.92 Å². The lowest BCUT2D eigenvalue weighted by Crippen LogP contribution is -2.64. The van der Waals surface area contributed by atoms with Crippen molar-refractivity contribution in [2.45, 2.75) is 69.9 Å². The van der Waals surface area contributed by atoms with E-state index in [0.29, 0.717) is 12.8 Å². The van der Waals surface area contributed by atoms with Gasteiger partial charge >= 0.3 is 12.1 Å². The summed E-state index contributed by atoms with van der Waals surface area (Å²) >= 11 is 0. The van der Waals surface area contributed by atoms with Gasteiger partial charge in [0.15, 0.2) is 11.9 Å². The van der Waals surface area contributed by atoms with Crippen LogP contribution in [0.1, 0.15) is 46.0 Å². The van der Waals surface area contributed by atoms with E-state index in [1.807, 2.05) is 0 Å². The summed E-state index contributed by atoms with van der Waals surface area (Å²) in [6.07, 6.45) is -4.45. The van der Waals surface area contributed by atoms with E-state index in [9.17, 15) is 22.0 Å². The molecule has 1 aliphatic carbocycles. The molecule has 0 heterocycles. The molecule has 0 spiro atoms. The topological polar surface area (TPSA) is 18.5 Å². The predicted molar refractivity (Wildman–Crippen MR) is 72.7 cm³/mol. The molecule has 130 valence electrons. The average Bonchev–Trinajstić information content (AvgIpc) is 2.44. The van der Waals surface area contributed by atoms with Gasteiger partial charge in [-0.15, -0.1) is 6.58 Å². The Morgan fingerprint density at radius 1 is 1.27 bits per heavy atom. The molecule has 0 saturated heterocycles. The second-order valence-electron chi connectivity index (χ2n) is 5.61. The molecule has 0 amide bonds. The van der Waals surface area contributed by atoms with Gasteiger partial charge in [0, 0.05) is 12.5 Å². The standard InChI is InChI=1S/C15H23F5O2/c1-4-10-21-11(3)22-13(14(16,17)15(18,19)20)9-7-6-8-12(13)5-2/h5,11-12H,2,4,6-10H2,1,3H3. The number of alkyl halides is 5. The Kier molecular flexibility index (Phi) is 6.38. The third-order valence-corrected chi connectivity index (χ3v) is 4.02. The molecular formula is C15H23F5O2. The van der Waals surface area contributed by atoms with Crippen LogP contribution in [0.25, 0.3) is 0 Å². The molecule has 0 radical (unpaired) electrons. The second kappa shape index (κ2) is 7.25. The van der Waals surface area contributed by atoms with Crippen LogP contribution >= 0.6 is 0 Å². The molecule has 2 nitrogen and oxygen atoms in total. The van der Waals surface area contributed by atoms with Crippen molar-refractivity contribution in [2.75, 3.05) is 6.61 Å². The molecular weight excluding hydrogens is 307 g/mol. The number of hydrogen-bond acceptors (Lipinski definition) is 2. The maximum absolute atomic E-state index is 14.2. The SMILES string of the molecule is C=CC1CCCCC1(OC(C)OCCC)C(F)(F)C(F)(F)F. The minimum Gasteiger partial charge on any atom is -0.353 e. The van der Waals surface area contributed by atoms with E-state index in [-0.39, 0.29) is 25.9 Å². The quantitative estimate of drug-likeness (QED) is 0.368. The third-order valence-electron chi connectivity index (χ3n) is 4.02. The van der Waals surface area contributed by atoms with Crippen LogP contribution < -0.4 is 0 Å². The summed E-state index contributed by atoms with van der Waals surface area (Å²) < 4.78 is 77.8. The van der Waals surface area contributed by atoms with Gasteiger partial charge in [0.2, 0.25) is 0 Å². The number of ether oxygens (including phenoxy) is 2. The lowest BCUT2D eigenvalue weighted by molar-refractivity contribution is -0.382. The minimum absolute atomic E-state index is 0.190. The molecule has 22 heavy (non-hydrogen) atoms. The fourth-order valence-electron chi connectivity index (χ4n) is 2.94. The number of halogens is 5. The minimum atomic E-state index is -5.68. The highest BCUT2D eigenvalue weighted by Gasteiger charge is 2.73. The normalized spacial score (nSPS) is 28.4. The van der Waals surface area contributed by atoms with Gasteiger partial charge in [0.25, 0.3) is 0 Å². The van der Waals surface area contributed by atoms with E-state index in [1.165, 1.54) is 6.92 Å². The summed E-state index contributed by atoms with van der Waals surface area (Å²) in [6.45, 7) is 6.80. The zero-order valence-electron chi connectivity index (χ0n) is 12.9. The summed E-state index contributed by atoms with van der Waals surface area (Å²) in [5, 5.41) is 0. The third kappa shape index (κ3) is 3.62. The van der Waals surface area contributed by atoms with E-state index >= 15 is 0 Å². The zero-order valence-corrected chi connectivity index (χ0v) is 12.9. The van der Waals surface area contributed by atoms with Crippen LogP contribution in [0.3, 0.4) is 0 Å². The van der Waals surface area contributed by atoms with Gasteiger partial charge in [0.1, 0.15) is 0 Å².